The molecule has 0 fully saturated rings. The first kappa shape index (κ1) is 10.6. The van der Waals surface area contributed by atoms with Gasteiger partial charge in [-0.3, -0.25) is 0 Å². The SMILES string of the molecule is CC(C)CC(O)c1ccc(Cl)cc1. The second-order valence-electron chi connectivity index (χ2n) is 3.70. The normalized spacial score (nSPS) is 13.3. The lowest BCUT2D eigenvalue weighted by Crippen LogP contribution is -2.01. The minimum absolute atomic E-state index is 0.364. The standard InChI is InChI=1S/C11H15ClO/c1-8(2)7-11(13)9-3-5-10(12)6-4-9/h3-6,8,11,13H,7H2,1-2H3. The van der Waals surface area contributed by atoms with E-state index >= 15 is 0 Å². The highest BCUT2D eigenvalue weighted by Crippen LogP contribution is 2.22. The molecule has 0 aliphatic carbocycles. The third-order valence-corrected chi connectivity index (χ3v) is 2.20. The van der Waals surface area contributed by atoms with E-state index in [0.29, 0.717) is 10.9 Å². The average molecular weight is 199 g/mol. The zero-order valence-corrected chi connectivity index (χ0v) is 8.75. The Morgan fingerprint density at radius 1 is 1.23 bits per heavy atom. The minimum atomic E-state index is -0.364. The van der Waals surface area contributed by atoms with Crippen LogP contribution in [0.2, 0.25) is 5.02 Å². The molecule has 13 heavy (non-hydrogen) atoms. The first-order valence-electron chi connectivity index (χ1n) is 4.53. The summed E-state index contributed by atoms with van der Waals surface area (Å²) >= 11 is 5.74. The molecule has 72 valence electrons. The van der Waals surface area contributed by atoms with Gasteiger partial charge in [0.15, 0.2) is 0 Å². The lowest BCUT2D eigenvalue weighted by Gasteiger charge is -2.12. The van der Waals surface area contributed by atoms with Gasteiger partial charge in [-0.15, -0.1) is 0 Å². The van der Waals surface area contributed by atoms with Crippen molar-refractivity contribution in [1.82, 2.24) is 0 Å². The summed E-state index contributed by atoms with van der Waals surface area (Å²) in [6, 6.07) is 7.35. The van der Waals surface area contributed by atoms with E-state index in [4.69, 9.17) is 11.6 Å². The van der Waals surface area contributed by atoms with Gasteiger partial charge in [-0.1, -0.05) is 37.6 Å². The number of hydrogen-bond donors (Lipinski definition) is 1. The highest BCUT2D eigenvalue weighted by atomic mass is 35.5. The summed E-state index contributed by atoms with van der Waals surface area (Å²) in [5.74, 6) is 0.505. The number of aliphatic hydroxyl groups excluding tert-OH is 1. The minimum Gasteiger partial charge on any atom is -0.388 e. The Morgan fingerprint density at radius 3 is 2.23 bits per heavy atom. The molecule has 0 spiro atoms. The molecule has 1 atom stereocenters. The molecule has 0 radical (unpaired) electrons. The van der Waals surface area contributed by atoms with E-state index < -0.39 is 0 Å². The molecule has 1 unspecified atom stereocenters. The summed E-state index contributed by atoms with van der Waals surface area (Å²) in [6.07, 6.45) is 0.430. The van der Waals surface area contributed by atoms with Crippen molar-refractivity contribution in [2.45, 2.75) is 26.4 Å². The average Bonchev–Trinajstić information content (AvgIpc) is 2.04. The van der Waals surface area contributed by atoms with Crippen molar-refractivity contribution in [1.29, 1.82) is 0 Å². The largest absolute Gasteiger partial charge is 0.388 e. The van der Waals surface area contributed by atoms with Crippen LogP contribution >= 0.6 is 11.6 Å². The molecule has 2 heteroatoms. The molecule has 1 rings (SSSR count). The van der Waals surface area contributed by atoms with Crippen LogP contribution in [-0.2, 0) is 0 Å². The van der Waals surface area contributed by atoms with E-state index in [0.717, 1.165) is 12.0 Å². The molecule has 0 saturated heterocycles. The van der Waals surface area contributed by atoms with Crippen molar-refractivity contribution in [3.05, 3.63) is 34.9 Å². The van der Waals surface area contributed by atoms with E-state index in [2.05, 4.69) is 13.8 Å². The van der Waals surface area contributed by atoms with Crippen LogP contribution < -0.4 is 0 Å². The molecule has 1 aromatic carbocycles. The molecule has 0 bridgehead atoms. The zero-order valence-electron chi connectivity index (χ0n) is 8.00. The number of aliphatic hydroxyl groups is 1. The summed E-state index contributed by atoms with van der Waals surface area (Å²) in [5, 5.41) is 10.4. The molecule has 0 amide bonds. The summed E-state index contributed by atoms with van der Waals surface area (Å²) in [6.45, 7) is 4.19. The fourth-order valence-electron chi connectivity index (χ4n) is 1.27. The fourth-order valence-corrected chi connectivity index (χ4v) is 1.39. The van der Waals surface area contributed by atoms with E-state index in [1.807, 2.05) is 12.1 Å². The van der Waals surface area contributed by atoms with Crippen LogP contribution in [0.15, 0.2) is 24.3 Å². The Bertz CT molecular complexity index is 253. The zero-order chi connectivity index (χ0) is 9.84. The second-order valence-corrected chi connectivity index (χ2v) is 4.13. The maximum atomic E-state index is 9.74. The molecular weight excluding hydrogens is 184 g/mol. The maximum Gasteiger partial charge on any atom is 0.0792 e. The Kier molecular flexibility index (Phi) is 3.76. The number of halogens is 1. The summed E-state index contributed by atoms with van der Waals surface area (Å²) in [4.78, 5) is 0. The molecule has 1 aromatic rings. The predicted molar refractivity (Wildman–Crippen MR) is 55.9 cm³/mol. The Hall–Kier alpha value is -0.530. The van der Waals surface area contributed by atoms with Gasteiger partial charge in [0, 0.05) is 5.02 Å². The molecule has 1 N–H and O–H groups in total. The summed E-state index contributed by atoms with van der Waals surface area (Å²) in [7, 11) is 0. The molecule has 0 heterocycles. The van der Waals surface area contributed by atoms with Crippen LogP contribution in [0.3, 0.4) is 0 Å². The topological polar surface area (TPSA) is 20.2 Å². The van der Waals surface area contributed by atoms with Crippen LogP contribution in [0, 0.1) is 5.92 Å². The Morgan fingerprint density at radius 2 is 1.77 bits per heavy atom. The lowest BCUT2D eigenvalue weighted by atomic mass is 10.00. The second kappa shape index (κ2) is 4.64. The van der Waals surface area contributed by atoms with E-state index in [9.17, 15) is 5.11 Å². The predicted octanol–water partition coefficient (Wildman–Crippen LogP) is 3.42. The van der Waals surface area contributed by atoms with Gasteiger partial charge in [0.1, 0.15) is 0 Å². The van der Waals surface area contributed by atoms with Gasteiger partial charge in [0.05, 0.1) is 6.10 Å². The fraction of sp³-hybridized carbons (Fsp3) is 0.455. The highest BCUT2D eigenvalue weighted by molar-refractivity contribution is 6.30. The van der Waals surface area contributed by atoms with Gasteiger partial charge in [0.25, 0.3) is 0 Å². The monoisotopic (exact) mass is 198 g/mol. The number of benzene rings is 1. The van der Waals surface area contributed by atoms with Crippen LogP contribution in [0.4, 0.5) is 0 Å². The van der Waals surface area contributed by atoms with Crippen molar-refractivity contribution in [2.24, 2.45) is 5.92 Å². The van der Waals surface area contributed by atoms with E-state index in [-0.39, 0.29) is 6.10 Å². The van der Waals surface area contributed by atoms with Gasteiger partial charge in [-0.2, -0.15) is 0 Å². The van der Waals surface area contributed by atoms with Crippen molar-refractivity contribution in [3.63, 3.8) is 0 Å². The first-order valence-corrected chi connectivity index (χ1v) is 4.91. The lowest BCUT2D eigenvalue weighted by molar-refractivity contribution is 0.151. The quantitative estimate of drug-likeness (QED) is 0.789. The smallest absolute Gasteiger partial charge is 0.0792 e. The Balaban J connectivity index is 2.66. The third kappa shape index (κ3) is 3.37. The molecule has 0 aliphatic rings. The van der Waals surface area contributed by atoms with Gasteiger partial charge >= 0.3 is 0 Å². The van der Waals surface area contributed by atoms with Crippen LogP contribution in [0.5, 0.6) is 0 Å². The molecule has 0 saturated carbocycles. The third-order valence-electron chi connectivity index (χ3n) is 1.95. The van der Waals surface area contributed by atoms with Crippen molar-refractivity contribution in [2.75, 3.05) is 0 Å². The summed E-state index contributed by atoms with van der Waals surface area (Å²) < 4.78 is 0. The van der Waals surface area contributed by atoms with Crippen LogP contribution in [0.1, 0.15) is 31.9 Å². The van der Waals surface area contributed by atoms with E-state index in [1.165, 1.54) is 0 Å². The molecular formula is C11H15ClO. The first-order chi connectivity index (χ1) is 6.09. The van der Waals surface area contributed by atoms with Gasteiger partial charge in [-0.05, 0) is 30.0 Å². The highest BCUT2D eigenvalue weighted by Gasteiger charge is 2.08. The van der Waals surface area contributed by atoms with Crippen LogP contribution in [0.25, 0.3) is 0 Å². The molecule has 0 aliphatic heterocycles. The van der Waals surface area contributed by atoms with Gasteiger partial charge < -0.3 is 5.11 Å². The van der Waals surface area contributed by atoms with E-state index in [1.54, 1.807) is 12.1 Å². The van der Waals surface area contributed by atoms with Crippen molar-refractivity contribution < 1.29 is 5.11 Å². The van der Waals surface area contributed by atoms with Crippen molar-refractivity contribution >= 4 is 11.6 Å². The maximum absolute atomic E-state index is 9.74. The number of hydrogen-bond acceptors (Lipinski definition) is 1. The summed E-state index contributed by atoms with van der Waals surface area (Å²) in [5.41, 5.74) is 0.943. The number of rotatable bonds is 3. The van der Waals surface area contributed by atoms with Gasteiger partial charge in [-0.25, -0.2) is 0 Å². The Labute approximate surface area is 84.4 Å². The van der Waals surface area contributed by atoms with Crippen molar-refractivity contribution in [3.8, 4) is 0 Å². The van der Waals surface area contributed by atoms with Crippen LogP contribution in [-0.4, -0.2) is 5.11 Å². The molecule has 0 aromatic heterocycles. The molecule has 1 nitrogen and oxygen atoms in total. The van der Waals surface area contributed by atoms with Gasteiger partial charge in [0.2, 0.25) is 0 Å².